The average Bonchev–Trinajstić information content (AvgIpc) is 3.85. The first-order valence-corrected chi connectivity index (χ1v) is 17.8. The molecule has 0 amide bonds. The molecule has 49 heavy (non-hydrogen) atoms. The Kier molecular flexibility index (Phi) is 5.64. The van der Waals surface area contributed by atoms with Gasteiger partial charge in [0.05, 0.1) is 26.9 Å². The van der Waals surface area contributed by atoms with Gasteiger partial charge in [-0.05, 0) is 29.3 Å². The van der Waals surface area contributed by atoms with Gasteiger partial charge in [-0.3, -0.25) is 4.57 Å². The largest absolute Gasteiger partial charge is 0.276 e. The van der Waals surface area contributed by atoms with E-state index in [0.29, 0.717) is 5.95 Å². The predicted molar refractivity (Wildman–Crippen MR) is 206 cm³/mol. The van der Waals surface area contributed by atoms with Crippen molar-refractivity contribution in [3.8, 4) is 28.3 Å². The van der Waals surface area contributed by atoms with Crippen LogP contribution in [0.3, 0.4) is 0 Å². The standard InChI is InChI=1S/C42H23N5S2/c1-2-10-24(11-3-1)25-18-20-26(21-19-25)37-27-12-4-7-15-31(27)45-42(46-37)47-32-16-8-5-13-28(32)34-35-30-22-43-23-44-41(30)49-39(35)36-29-14-6-9-17-33(29)48-40(36)38(34)47/h1-23H. The molecule has 0 bridgehead atoms. The molecule has 0 aliphatic rings. The molecule has 0 spiro atoms. The first kappa shape index (κ1) is 27.0. The number of aromatic nitrogens is 5. The summed E-state index contributed by atoms with van der Waals surface area (Å²) in [5.41, 5.74) is 7.43. The topological polar surface area (TPSA) is 56.5 Å². The van der Waals surface area contributed by atoms with E-state index in [4.69, 9.17) is 15.0 Å². The molecule has 6 aromatic carbocycles. The lowest BCUT2D eigenvalue weighted by atomic mass is 10.0. The number of benzene rings is 6. The van der Waals surface area contributed by atoms with Gasteiger partial charge in [-0.2, -0.15) is 0 Å². The summed E-state index contributed by atoms with van der Waals surface area (Å²) in [6.07, 6.45) is 3.62. The third-order valence-electron chi connectivity index (χ3n) is 9.59. The molecule has 228 valence electrons. The minimum absolute atomic E-state index is 0.654. The molecule has 0 radical (unpaired) electrons. The van der Waals surface area contributed by atoms with Crippen molar-refractivity contribution < 1.29 is 0 Å². The highest BCUT2D eigenvalue weighted by Crippen LogP contribution is 2.51. The van der Waals surface area contributed by atoms with E-state index >= 15 is 0 Å². The Hall–Kier alpha value is -6.02. The molecule has 0 fully saturated rings. The van der Waals surface area contributed by atoms with Gasteiger partial charge in [0, 0.05) is 58.9 Å². The van der Waals surface area contributed by atoms with Crippen LogP contribution < -0.4 is 0 Å². The van der Waals surface area contributed by atoms with Gasteiger partial charge in [-0.1, -0.05) is 109 Å². The fourth-order valence-electron chi connectivity index (χ4n) is 7.45. The SMILES string of the molecule is c1ccc(-c2ccc(-c3nc(-n4c5ccccc5c5c6c7cncnc7sc6c6c7ccccc7sc6c54)nc4ccccc34)cc2)cc1. The number of rotatable bonds is 3. The van der Waals surface area contributed by atoms with Crippen molar-refractivity contribution in [3.05, 3.63) is 140 Å². The summed E-state index contributed by atoms with van der Waals surface area (Å²) in [6, 6.07) is 44.9. The van der Waals surface area contributed by atoms with E-state index in [1.54, 1.807) is 17.7 Å². The summed E-state index contributed by atoms with van der Waals surface area (Å²) in [5.74, 6) is 0.654. The summed E-state index contributed by atoms with van der Waals surface area (Å²) in [5, 5.41) is 8.16. The van der Waals surface area contributed by atoms with Crippen LogP contribution in [0.4, 0.5) is 0 Å². The number of hydrogen-bond acceptors (Lipinski definition) is 6. The van der Waals surface area contributed by atoms with E-state index in [1.165, 1.54) is 46.8 Å². The summed E-state index contributed by atoms with van der Waals surface area (Å²) in [4.78, 5) is 20.9. The van der Waals surface area contributed by atoms with Crippen molar-refractivity contribution in [3.63, 3.8) is 0 Å². The molecule has 5 nitrogen and oxygen atoms in total. The lowest BCUT2D eigenvalue weighted by Gasteiger charge is -2.12. The van der Waals surface area contributed by atoms with Crippen LogP contribution in [0.2, 0.25) is 0 Å². The molecule has 11 rings (SSSR count). The smallest absolute Gasteiger partial charge is 0.235 e. The Balaban J connectivity index is 1.29. The maximum Gasteiger partial charge on any atom is 0.235 e. The van der Waals surface area contributed by atoms with Crippen molar-refractivity contribution >= 4 is 95.9 Å². The number of hydrogen-bond donors (Lipinski definition) is 0. The predicted octanol–water partition coefficient (Wildman–Crippen LogP) is 11.6. The van der Waals surface area contributed by atoms with Crippen LogP contribution in [0.25, 0.3) is 102 Å². The first-order chi connectivity index (χ1) is 24.3. The third-order valence-corrected chi connectivity index (χ3v) is 11.9. The van der Waals surface area contributed by atoms with Crippen LogP contribution in [0.1, 0.15) is 0 Å². The lowest BCUT2D eigenvalue weighted by Crippen LogP contribution is -2.03. The van der Waals surface area contributed by atoms with Crippen LogP contribution >= 0.6 is 22.7 Å². The molecule has 11 aromatic rings. The zero-order chi connectivity index (χ0) is 32.1. The quantitative estimate of drug-likeness (QED) is 0.189. The molecular formula is C42H23N5S2. The van der Waals surface area contributed by atoms with Crippen LogP contribution in [0, 0.1) is 0 Å². The molecule has 0 saturated heterocycles. The second-order valence-electron chi connectivity index (χ2n) is 12.3. The van der Waals surface area contributed by atoms with Gasteiger partial charge in [0.25, 0.3) is 0 Å². The zero-order valence-electron chi connectivity index (χ0n) is 25.8. The van der Waals surface area contributed by atoms with Crippen LogP contribution in [0.15, 0.2) is 140 Å². The number of nitrogens with zero attached hydrogens (tertiary/aromatic N) is 5. The Bertz CT molecular complexity index is 3100. The van der Waals surface area contributed by atoms with Crippen molar-refractivity contribution in [1.82, 2.24) is 24.5 Å². The van der Waals surface area contributed by atoms with Gasteiger partial charge >= 0.3 is 0 Å². The molecule has 5 heterocycles. The number of thiophene rings is 2. The highest BCUT2D eigenvalue weighted by Gasteiger charge is 2.26. The van der Waals surface area contributed by atoms with Crippen molar-refractivity contribution in [2.45, 2.75) is 0 Å². The Morgan fingerprint density at radius 1 is 0.510 bits per heavy atom. The molecule has 0 N–H and O–H groups in total. The summed E-state index contributed by atoms with van der Waals surface area (Å²) < 4.78 is 6.02. The van der Waals surface area contributed by atoms with Gasteiger partial charge < -0.3 is 0 Å². The summed E-state index contributed by atoms with van der Waals surface area (Å²) >= 11 is 3.59. The fourth-order valence-corrected chi connectivity index (χ4v) is 9.96. The summed E-state index contributed by atoms with van der Waals surface area (Å²) in [7, 11) is 0. The zero-order valence-corrected chi connectivity index (χ0v) is 27.5. The monoisotopic (exact) mass is 661 g/mol. The van der Waals surface area contributed by atoms with Gasteiger partial charge in [0.1, 0.15) is 11.2 Å². The molecule has 0 atom stereocenters. The fraction of sp³-hybridized carbons (Fsp3) is 0. The molecule has 0 aliphatic heterocycles. The second kappa shape index (κ2) is 10.2. The molecule has 5 aromatic heterocycles. The van der Waals surface area contributed by atoms with Crippen molar-refractivity contribution in [1.29, 1.82) is 0 Å². The minimum atomic E-state index is 0.654. The molecule has 0 unspecified atom stereocenters. The van der Waals surface area contributed by atoms with E-state index in [2.05, 4.69) is 131 Å². The number of fused-ring (bicyclic) bond motifs is 13. The van der Waals surface area contributed by atoms with Gasteiger partial charge in [0.15, 0.2) is 0 Å². The molecule has 0 aliphatic carbocycles. The van der Waals surface area contributed by atoms with Crippen LogP contribution in [-0.4, -0.2) is 24.5 Å². The Morgan fingerprint density at radius 3 is 2.10 bits per heavy atom. The van der Waals surface area contributed by atoms with Gasteiger partial charge in [0.2, 0.25) is 5.95 Å². The Morgan fingerprint density at radius 2 is 1.22 bits per heavy atom. The van der Waals surface area contributed by atoms with Crippen molar-refractivity contribution in [2.24, 2.45) is 0 Å². The van der Waals surface area contributed by atoms with E-state index in [-0.39, 0.29) is 0 Å². The maximum atomic E-state index is 5.44. The highest BCUT2D eigenvalue weighted by molar-refractivity contribution is 7.30. The highest BCUT2D eigenvalue weighted by atomic mass is 32.1. The first-order valence-electron chi connectivity index (χ1n) is 16.1. The molecular weight excluding hydrogens is 639 g/mol. The maximum absolute atomic E-state index is 5.44. The lowest BCUT2D eigenvalue weighted by molar-refractivity contribution is 1.02. The van der Waals surface area contributed by atoms with Crippen molar-refractivity contribution in [2.75, 3.05) is 0 Å². The third kappa shape index (κ3) is 3.85. The Labute approximate surface area is 287 Å². The van der Waals surface area contributed by atoms with E-state index in [9.17, 15) is 0 Å². The normalized spacial score (nSPS) is 12.1. The van der Waals surface area contributed by atoms with E-state index in [0.717, 1.165) is 48.8 Å². The van der Waals surface area contributed by atoms with Crippen LogP contribution in [-0.2, 0) is 0 Å². The number of para-hydroxylation sites is 2. The second-order valence-corrected chi connectivity index (χ2v) is 14.3. The van der Waals surface area contributed by atoms with Gasteiger partial charge in [-0.25, -0.2) is 19.9 Å². The molecule has 0 saturated carbocycles. The van der Waals surface area contributed by atoms with E-state index in [1.807, 2.05) is 23.6 Å². The minimum Gasteiger partial charge on any atom is -0.276 e. The van der Waals surface area contributed by atoms with Crippen LogP contribution in [0.5, 0.6) is 0 Å². The molecule has 7 heteroatoms. The summed E-state index contributed by atoms with van der Waals surface area (Å²) in [6.45, 7) is 0. The van der Waals surface area contributed by atoms with Gasteiger partial charge in [-0.15, -0.1) is 22.7 Å². The average molecular weight is 662 g/mol. The van der Waals surface area contributed by atoms with E-state index < -0.39 is 0 Å².